The summed E-state index contributed by atoms with van der Waals surface area (Å²) in [6.45, 7) is 4.27. The van der Waals surface area contributed by atoms with E-state index in [1.54, 1.807) is 0 Å². The van der Waals surface area contributed by atoms with E-state index in [4.69, 9.17) is 5.73 Å². The van der Waals surface area contributed by atoms with E-state index in [-0.39, 0.29) is 0 Å². The van der Waals surface area contributed by atoms with Crippen molar-refractivity contribution < 1.29 is 0 Å². The maximum atomic E-state index is 5.75. The van der Waals surface area contributed by atoms with E-state index in [1.165, 1.54) is 11.1 Å². The van der Waals surface area contributed by atoms with Gasteiger partial charge in [-0.1, -0.05) is 26.0 Å². The minimum absolute atomic E-state index is 0.812. The van der Waals surface area contributed by atoms with E-state index in [9.17, 15) is 0 Å². The fraction of sp³-hybridized carbons (Fsp3) is 0.400. The molecule has 0 saturated heterocycles. The highest BCUT2D eigenvalue weighted by Crippen LogP contribution is 2.17. The number of nitrogens with two attached hydrogens (primary N) is 1. The SMILES string of the molecule is CCc1cc[c]c(N)c1CC. The fourth-order valence-electron chi connectivity index (χ4n) is 1.34. The van der Waals surface area contributed by atoms with Crippen molar-refractivity contribution in [2.75, 3.05) is 5.73 Å². The number of hydrogen-bond acceptors (Lipinski definition) is 1. The maximum Gasteiger partial charge on any atom is 0.0429 e. The second-order valence-electron chi connectivity index (χ2n) is 2.60. The standard InChI is InChI=1S/C10H14N/c1-3-8-6-5-7-10(11)9(8)4-2/h5-6H,3-4,11H2,1-2H3. The second kappa shape index (κ2) is 3.42. The van der Waals surface area contributed by atoms with Crippen LogP contribution in [0.5, 0.6) is 0 Å². The van der Waals surface area contributed by atoms with Crippen LogP contribution in [-0.4, -0.2) is 0 Å². The summed E-state index contributed by atoms with van der Waals surface area (Å²) < 4.78 is 0. The highest BCUT2D eigenvalue weighted by molar-refractivity contribution is 5.49. The van der Waals surface area contributed by atoms with Gasteiger partial charge in [-0.3, -0.25) is 0 Å². The highest BCUT2D eigenvalue weighted by atomic mass is 14.6. The molecule has 1 aromatic rings. The lowest BCUT2D eigenvalue weighted by Gasteiger charge is -2.07. The first-order chi connectivity index (χ1) is 5.29. The summed E-state index contributed by atoms with van der Waals surface area (Å²) >= 11 is 0. The van der Waals surface area contributed by atoms with Gasteiger partial charge in [0.1, 0.15) is 0 Å². The monoisotopic (exact) mass is 148 g/mol. The molecule has 0 heterocycles. The molecule has 0 fully saturated rings. The molecule has 1 nitrogen and oxygen atoms in total. The molecule has 59 valence electrons. The van der Waals surface area contributed by atoms with Crippen LogP contribution >= 0.6 is 0 Å². The molecule has 1 heteroatoms. The molecule has 0 amide bonds. The lowest BCUT2D eigenvalue weighted by Crippen LogP contribution is -1.97. The second-order valence-corrected chi connectivity index (χ2v) is 2.60. The summed E-state index contributed by atoms with van der Waals surface area (Å²) in [5.74, 6) is 0. The number of aryl methyl sites for hydroxylation is 1. The van der Waals surface area contributed by atoms with E-state index >= 15 is 0 Å². The van der Waals surface area contributed by atoms with Crippen molar-refractivity contribution in [3.05, 3.63) is 29.3 Å². The normalized spacial score (nSPS) is 10.0. The Kier molecular flexibility index (Phi) is 2.53. The van der Waals surface area contributed by atoms with Crippen LogP contribution in [0.2, 0.25) is 0 Å². The van der Waals surface area contributed by atoms with Crippen LogP contribution in [0.25, 0.3) is 0 Å². The van der Waals surface area contributed by atoms with Crippen molar-refractivity contribution >= 4 is 5.69 Å². The zero-order chi connectivity index (χ0) is 8.27. The number of anilines is 1. The molecule has 1 radical (unpaired) electrons. The van der Waals surface area contributed by atoms with Crippen molar-refractivity contribution in [2.45, 2.75) is 26.7 Å². The van der Waals surface area contributed by atoms with Crippen LogP contribution in [0.3, 0.4) is 0 Å². The van der Waals surface area contributed by atoms with Gasteiger partial charge >= 0.3 is 0 Å². The minimum atomic E-state index is 0.812. The van der Waals surface area contributed by atoms with Gasteiger partial charge in [0.2, 0.25) is 0 Å². The topological polar surface area (TPSA) is 26.0 Å². The average Bonchev–Trinajstić information content (AvgIpc) is 2.04. The van der Waals surface area contributed by atoms with Gasteiger partial charge in [0, 0.05) is 11.8 Å². The van der Waals surface area contributed by atoms with Gasteiger partial charge < -0.3 is 5.73 Å². The summed E-state index contributed by atoms with van der Waals surface area (Å²) in [5, 5.41) is 0. The van der Waals surface area contributed by atoms with E-state index in [0.29, 0.717) is 0 Å². The molecule has 11 heavy (non-hydrogen) atoms. The Bertz CT molecular complexity index is 241. The number of hydrogen-bond donors (Lipinski definition) is 1. The van der Waals surface area contributed by atoms with Gasteiger partial charge in [-0.15, -0.1) is 0 Å². The first-order valence-electron chi connectivity index (χ1n) is 4.07. The minimum Gasteiger partial charge on any atom is -0.398 e. The van der Waals surface area contributed by atoms with Crippen LogP contribution in [0, 0.1) is 6.07 Å². The predicted octanol–water partition coefficient (Wildman–Crippen LogP) is 2.19. The van der Waals surface area contributed by atoms with E-state index in [1.807, 2.05) is 6.07 Å². The third kappa shape index (κ3) is 1.53. The van der Waals surface area contributed by atoms with Crippen LogP contribution < -0.4 is 5.73 Å². The molecule has 0 spiro atoms. The quantitative estimate of drug-likeness (QED) is 0.639. The van der Waals surface area contributed by atoms with Gasteiger partial charge in [-0.2, -0.15) is 0 Å². The lowest BCUT2D eigenvalue weighted by molar-refractivity contribution is 1.04. The molecule has 0 aliphatic rings. The Balaban J connectivity index is 3.13. The van der Waals surface area contributed by atoms with Gasteiger partial charge in [0.05, 0.1) is 0 Å². The lowest BCUT2D eigenvalue weighted by atomic mass is 10.0. The molecule has 0 atom stereocenters. The molecule has 0 saturated carbocycles. The smallest absolute Gasteiger partial charge is 0.0429 e. The Morgan fingerprint density at radius 3 is 2.55 bits per heavy atom. The fourth-order valence-corrected chi connectivity index (χ4v) is 1.34. The summed E-state index contributed by atoms with van der Waals surface area (Å²) in [6.07, 6.45) is 2.06. The molecular formula is C10H14N. The molecule has 0 aliphatic heterocycles. The summed E-state index contributed by atoms with van der Waals surface area (Å²) in [4.78, 5) is 0. The molecule has 2 N–H and O–H groups in total. The highest BCUT2D eigenvalue weighted by Gasteiger charge is 2.00. The zero-order valence-electron chi connectivity index (χ0n) is 7.15. The molecule has 1 rings (SSSR count). The van der Waals surface area contributed by atoms with Crippen LogP contribution in [0.15, 0.2) is 12.1 Å². The third-order valence-electron chi connectivity index (χ3n) is 1.97. The van der Waals surface area contributed by atoms with Gasteiger partial charge in [-0.25, -0.2) is 0 Å². The van der Waals surface area contributed by atoms with Crippen LogP contribution in [-0.2, 0) is 12.8 Å². The van der Waals surface area contributed by atoms with Crippen molar-refractivity contribution in [3.8, 4) is 0 Å². The molecule has 0 unspecified atom stereocenters. The summed E-state index contributed by atoms with van der Waals surface area (Å²) in [5.41, 5.74) is 9.17. The van der Waals surface area contributed by atoms with Crippen molar-refractivity contribution in [3.63, 3.8) is 0 Å². The van der Waals surface area contributed by atoms with E-state index in [0.717, 1.165) is 18.5 Å². The van der Waals surface area contributed by atoms with E-state index in [2.05, 4.69) is 26.0 Å². The molecule has 0 aliphatic carbocycles. The summed E-state index contributed by atoms with van der Waals surface area (Å²) in [7, 11) is 0. The maximum absolute atomic E-state index is 5.75. The third-order valence-corrected chi connectivity index (χ3v) is 1.97. The summed E-state index contributed by atoms with van der Waals surface area (Å²) in [6, 6.07) is 6.99. The zero-order valence-corrected chi connectivity index (χ0v) is 7.15. The first kappa shape index (κ1) is 8.12. The first-order valence-corrected chi connectivity index (χ1v) is 4.07. The van der Waals surface area contributed by atoms with Crippen LogP contribution in [0.4, 0.5) is 5.69 Å². The average molecular weight is 148 g/mol. The Labute approximate surface area is 68.2 Å². The van der Waals surface area contributed by atoms with Crippen molar-refractivity contribution in [1.29, 1.82) is 0 Å². The number of nitrogen functional groups attached to an aromatic ring is 1. The van der Waals surface area contributed by atoms with Gasteiger partial charge in [0.15, 0.2) is 0 Å². The molecule has 0 bridgehead atoms. The van der Waals surface area contributed by atoms with Gasteiger partial charge in [0.25, 0.3) is 0 Å². The van der Waals surface area contributed by atoms with Crippen LogP contribution in [0.1, 0.15) is 25.0 Å². The Hall–Kier alpha value is -0.980. The Morgan fingerprint density at radius 1 is 1.36 bits per heavy atom. The van der Waals surface area contributed by atoms with Gasteiger partial charge in [-0.05, 0) is 24.0 Å². The molecule has 0 aromatic heterocycles. The molecular weight excluding hydrogens is 134 g/mol. The largest absolute Gasteiger partial charge is 0.398 e. The van der Waals surface area contributed by atoms with Crippen molar-refractivity contribution in [2.24, 2.45) is 0 Å². The number of rotatable bonds is 2. The van der Waals surface area contributed by atoms with E-state index < -0.39 is 0 Å². The van der Waals surface area contributed by atoms with Crippen molar-refractivity contribution in [1.82, 2.24) is 0 Å². The Morgan fingerprint density at radius 2 is 2.09 bits per heavy atom. The molecule has 1 aromatic carbocycles. The number of benzene rings is 1. The predicted molar refractivity (Wildman–Crippen MR) is 48.4 cm³/mol.